The maximum atomic E-state index is 11.9. The molecule has 0 heterocycles. The van der Waals surface area contributed by atoms with E-state index < -0.39 is 11.9 Å². The number of carbonyl (C=O) groups excluding carboxylic acids is 1. The van der Waals surface area contributed by atoms with Crippen LogP contribution in [0.15, 0.2) is 0 Å². The molecule has 0 aromatic carbocycles. The molecule has 2 N–H and O–H groups in total. The van der Waals surface area contributed by atoms with E-state index in [4.69, 9.17) is 9.84 Å². The van der Waals surface area contributed by atoms with Gasteiger partial charge in [-0.15, -0.1) is 0 Å². The second-order valence-electron chi connectivity index (χ2n) is 5.27. The number of amides is 2. The Bertz CT molecular complexity index is 320. The van der Waals surface area contributed by atoms with Gasteiger partial charge in [0.15, 0.2) is 0 Å². The molecule has 2 unspecified atom stereocenters. The minimum atomic E-state index is -0.825. The summed E-state index contributed by atoms with van der Waals surface area (Å²) in [6.45, 7) is 4.86. The fraction of sp³-hybridized carbons (Fsp3) is 0.846. The van der Waals surface area contributed by atoms with Gasteiger partial charge in [-0.2, -0.15) is 0 Å². The van der Waals surface area contributed by atoms with Gasteiger partial charge in [0.1, 0.15) is 0 Å². The van der Waals surface area contributed by atoms with Gasteiger partial charge in [-0.25, -0.2) is 4.79 Å². The first-order chi connectivity index (χ1) is 8.91. The van der Waals surface area contributed by atoms with Crippen LogP contribution in [0.5, 0.6) is 0 Å². The summed E-state index contributed by atoms with van der Waals surface area (Å²) in [6.07, 6.45) is 2.37. The van der Waals surface area contributed by atoms with E-state index in [0.29, 0.717) is 19.6 Å². The summed E-state index contributed by atoms with van der Waals surface area (Å²) in [7, 11) is 1.68. The molecule has 1 saturated carbocycles. The minimum Gasteiger partial charge on any atom is -0.481 e. The molecule has 1 aliphatic rings. The van der Waals surface area contributed by atoms with Gasteiger partial charge in [-0.3, -0.25) is 4.79 Å². The van der Waals surface area contributed by atoms with Crippen molar-refractivity contribution in [3.05, 3.63) is 0 Å². The molecular formula is C13H24N2O4. The lowest BCUT2D eigenvalue weighted by atomic mass is 10.0. The van der Waals surface area contributed by atoms with Crippen molar-refractivity contribution in [3.8, 4) is 0 Å². The molecule has 6 heteroatoms. The Hall–Kier alpha value is -1.30. The molecule has 1 aliphatic carbocycles. The fourth-order valence-corrected chi connectivity index (χ4v) is 2.22. The van der Waals surface area contributed by atoms with E-state index in [0.717, 1.165) is 12.8 Å². The number of ether oxygens (including phenoxy) is 1. The van der Waals surface area contributed by atoms with E-state index in [1.807, 2.05) is 13.8 Å². The third-order valence-electron chi connectivity index (χ3n) is 3.37. The number of hydrogen-bond donors (Lipinski definition) is 2. The lowest BCUT2D eigenvalue weighted by Crippen LogP contribution is -2.46. The molecule has 19 heavy (non-hydrogen) atoms. The van der Waals surface area contributed by atoms with Gasteiger partial charge in [0.2, 0.25) is 0 Å². The zero-order valence-electron chi connectivity index (χ0n) is 11.9. The number of carboxylic acid groups (broad SMARTS) is 1. The zero-order chi connectivity index (χ0) is 14.4. The van der Waals surface area contributed by atoms with Crippen LogP contribution < -0.4 is 5.32 Å². The number of likely N-dealkylation sites (N-methyl/N-ethyl adjacent to an activating group) is 1. The van der Waals surface area contributed by atoms with Crippen molar-refractivity contribution in [2.45, 2.75) is 45.3 Å². The normalized spacial score (nSPS) is 22.5. The number of nitrogens with one attached hydrogen (secondary N) is 1. The molecule has 6 nitrogen and oxygen atoms in total. The van der Waals surface area contributed by atoms with Crippen molar-refractivity contribution < 1.29 is 19.4 Å². The fourth-order valence-electron chi connectivity index (χ4n) is 2.22. The first-order valence-electron chi connectivity index (χ1n) is 6.78. The summed E-state index contributed by atoms with van der Waals surface area (Å²) in [6, 6.07) is -0.482. The third-order valence-corrected chi connectivity index (χ3v) is 3.37. The van der Waals surface area contributed by atoms with Crippen LogP contribution >= 0.6 is 0 Å². The zero-order valence-corrected chi connectivity index (χ0v) is 11.9. The van der Waals surface area contributed by atoms with E-state index in [-0.39, 0.29) is 18.2 Å². The summed E-state index contributed by atoms with van der Waals surface area (Å²) >= 11 is 0. The SMILES string of the molecule is CC(C)OCCN(C)C(=O)NC1CCCC1C(=O)O. The number of aliphatic carboxylic acids is 1. The predicted octanol–water partition coefficient (Wildman–Crippen LogP) is 1.31. The van der Waals surface area contributed by atoms with Crippen molar-refractivity contribution in [2.24, 2.45) is 5.92 Å². The van der Waals surface area contributed by atoms with Gasteiger partial charge in [-0.05, 0) is 26.7 Å². The van der Waals surface area contributed by atoms with Gasteiger partial charge in [0.05, 0.1) is 18.6 Å². The Morgan fingerprint density at radius 1 is 1.42 bits per heavy atom. The molecule has 0 spiro atoms. The van der Waals surface area contributed by atoms with Crippen molar-refractivity contribution >= 4 is 12.0 Å². The Morgan fingerprint density at radius 3 is 2.68 bits per heavy atom. The monoisotopic (exact) mass is 272 g/mol. The van der Waals surface area contributed by atoms with Crippen LogP contribution in [0.4, 0.5) is 4.79 Å². The highest BCUT2D eigenvalue weighted by Gasteiger charge is 2.34. The second-order valence-corrected chi connectivity index (χ2v) is 5.27. The summed E-state index contributed by atoms with van der Waals surface area (Å²) in [5.41, 5.74) is 0. The molecule has 0 aliphatic heterocycles. The number of urea groups is 1. The number of hydrogen-bond acceptors (Lipinski definition) is 3. The van der Waals surface area contributed by atoms with Crippen LogP contribution in [0.1, 0.15) is 33.1 Å². The second kappa shape index (κ2) is 7.33. The third kappa shape index (κ3) is 5.06. The summed E-state index contributed by atoms with van der Waals surface area (Å²) in [5, 5.41) is 11.9. The molecule has 0 radical (unpaired) electrons. The Morgan fingerprint density at radius 2 is 2.11 bits per heavy atom. The molecular weight excluding hydrogens is 248 g/mol. The highest BCUT2D eigenvalue weighted by Crippen LogP contribution is 2.25. The van der Waals surface area contributed by atoms with Crippen LogP contribution in [0, 0.1) is 5.92 Å². The van der Waals surface area contributed by atoms with E-state index in [1.165, 1.54) is 4.90 Å². The largest absolute Gasteiger partial charge is 0.481 e. The predicted molar refractivity (Wildman–Crippen MR) is 71.0 cm³/mol. The molecule has 1 rings (SSSR count). The van der Waals surface area contributed by atoms with Gasteiger partial charge in [0.25, 0.3) is 0 Å². The van der Waals surface area contributed by atoms with Crippen LogP contribution in [0.3, 0.4) is 0 Å². The highest BCUT2D eigenvalue weighted by molar-refractivity contribution is 5.77. The van der Waals surface area contributed by atoms with Gasteiger partial charge in [-0.1, -0.05) is 6.42 Å². The molecule has 2 atom stereocenters. The maximum absolute atomic E-state index is 11.9. The van der Waals surface area contributed by atoms with Crippen LogP contribution in [-0.2, 0) is 9.53 Å². The summed E-state index contributed by atoms with van der Waals surface area (Å²) in [4.78, 5) is 24.5. The first kappa shape index (κ1) is 15.8. The average molecular weight is 272 g/mol. The van der Waals surface area contributed by atoms with Crippen LogP contribution in [0.25, 0.3) is 0 Å². The highest BCUT2D eigenvalue weighted by atomic mass is 16.5. The number of nitrogens with zero attached hydrogens (tertiary/aromatic N) is 1. The maximum Gasteiger partial charge on any atom is 0.317 e. The van der Waals surface area contributed by atoms with Gasteiger partial charge >= 0.3 is 12.0 Å². The molecule has 0 bridgehead atoms. The summed E-state index contributed by atoms with van der Waals surface area (Å²) < 4.78 is 5.38. The van der Waals surface area contributed by atoms with E-state index in [1.54, 1.807) is 7.05 Å². The van der Waals surface area contributed by atoms with E-state index >= 15 is 0 Å². The Kier molecular flexibility index (Phi) is 6.08. The van der Waals surface area contributed by atoms with Crippen molar-refractivity contribution in [2.75, 3.05) is 20.2 Å². The van der Waals surface area contributed by atoms with E-state index in [2.05, 4.69) is 5.32 Å². The summed E-state index contributed by atoms with van der Waals surface area (Å²) in [5.74, 6) is -1.28. The minimum absolute atomic E-state index is 0.141. The molecule has 110 valence electrons. The number of carbonyl (C=O) groups is 2. The first-order valence-corrected chi connectivity index (χ1v) is 6.78. The quantitative estimate of drug-likeness (QED) is 0.764. The lowest BCUT2D eigenvalue weighted by molar-refractivity contribution is -0.142. The van der Waals surface area contributed by atoms with Gasteiger partial charge in [0, 0.05) is 19.6 Å². The molecule has 0 aromatic heterocycles. The molecule has 2 amide bonds. The smallest absolute Gasteiger partial charge is 0.317 e. The molecule has 0 aromatic rings. The van der Waals surface area contributed by atoms with Crippen LogP contribution in [0.2, 0.25) is 0 Å². The Balaban J connectivity index is 2.35. The molecule has 1 fully saturated rings. The van der Waals surface area contributed by atoms with Crippen LogP contribution in [-0.4, -0.2) is 54.4 Å². The lowest BCUT2D eigenvalue weighted by Gasteiger charge is -2.23. The van der Waals surface area contributed by atoms with Crippen molar-refractivity contribution in [1.82, 2.24) is 10.2 Å². The van der Waals surface area contributed by atoms with Crippen molar-refractivity contribution in [3.63, 3.8) is 0 Å². The standard InChI is InChI=1S/C13H24N2O4/c1-9(2)19-8-7-15(3)13(18)14-11-6-4-5-10(11)12(16)17/h9-11H,4-8H2,1-3H3,(H,14,18)(H,16,17). The van der Waals surface area contributed by atoms with Gasteiger partial charge < -0.3 is 20.1 Å². The number of rotatable bonds is 6. The number of carboxylic acids is 1. The Labute approximate surface area is 114 Å². The van der Waals surface area contributed by atoms with Crippen molar-refractivity contribution in [1.29, 1.82) is 0 Å². The topological polar surface area (TPSA) is 78.9 Å². The molecule has 0 saturated heterocycles. The van der Waals surface area contributed by atoms with E-state index in [9.17, 15) is 9.59 Å². The average Bonchev–Trinajstić information content (AvgIpc) is 2.76.